The number of nitrogens with one attached hydrogen (secondary N) is 1. The largest absolute Gasteiger partial charge is 0.338 e. The zero-order valence-electron chi connectivity index (χ0n) is 10.2. The van der Waals surface area contributed by atoms with Crippen LogP contribution < -0.4 is 5.32 Å². The van der Waals surface area contributed by atoms with Crippen LogP contribution in [-0.2, 0) is 0 Å². The molecule has 1 amide bonds. The van der Waals surface area contributed by atoms with Crippen LogP contribution in [0.3, 0.4) is 0 Å². The molecule has 1 aliphatic rings. The predicted octanol–water partition coefficient (Wildman–Crippen LogP) is 2.67. The zero-order chi connectivity index (χ0) is 13.1. The first-order valence-corrected chi connectivity index (χ1v) is 6.76. The molecule has 1 fully saturated rings. The van der Waals surface area contributed by atoms with Crippen molar-refractivity contribution in [3.05, 3.63) is 33.8 Å². The van der Waals surface area contributed by atoms with Crippen molar-refractivity contribution >= 4 is 29.1 Å². The Morgan fingerprint density at radius 2 is 2.22 bits per heavy atom. The van der Waals surface area contributed by atoms with Crippen molar-refractivity contribution in [3.8, 4) is 0 Å². The van der Waals surface area contributed by atoms with E-state index in [-0.39, 0.29) is 5.91 Å². The quantitative estimate of drug-likeness (QED) is 0.927. The van der Waals surface area contributed by atoms with Gasteiger partial charge in [0.25, 0.3) is 5.91 Å². The maximum Gasteiger partial charge on any atom is 0.253 e. The van der Waals surface area contributed by atoms with Crippen LogP contribution in [0, 0.1) is 5.92 Å². The van der Waals surface area contributed by atoms with Crippen molar-refractivity contribution in [2.45, 2.75) is 6.42 Å². The van der Waals surface area contributed by atoms with E-state index in [4.69, 9.17) is 23.2 Å². The van der Waals surface area contributed by atoms with Gasteiger partial charge in [-0.2, -0.15) is 0 Å². The monoisotopic (exact) mass is 286 g/mol. The lowest BCUT2D eigenvalue weighted by atomic mass is 10.1. The number of hydrogen-bond acceptors (Lipinski definition) is 2. The molecule has 0 radical (unpaired) electrons. The van der Waals surface area contributed by atoms with Crippen molar-refractivity contribution in [1.82, 2.24) is 10.2 Å². The van der Waals surface area contributed by atoms with Gasteiger partial charge >= 0.3 is 0 Å². The third-order valence-electron chi connectivity index (χ3n) is 3.23. The molecule has 0 bridgehead atoms. The van der Waals surface area contributed by atoms with Crippen LogP contribution in [0.4, 0.5) is 0 Å². The van der Waals surface area contributed by atoms with E-state index >= 15 is 0 Å². The van der Waals surface area contributed by atoms with E-state index in [2.05, 4.69) is 5.32 Å². The minimum Gasteiger partial charge on any atom is -0.338 e. The molecule has 0 aliphatic carbocycles. The summed E-state index contributed by atoms with van der Waals surface area (Å²) in [4.78, 5) is 14.1. The molecule has 1 saturated heterocycles. The van der Waals surface area contributed by atoms with Gasteiger partial charge in [-0.25, -0.2) is 0 Å². The average molecular weight is 287 g/mol. The summed E-state index contributed by atoms with van der Waals surface area (Å²) < 4.78 is 0. The van der Waals surface area contributed by atoms with E-state index in [9.17, 15) is 4.79 Å². The van der Waals surface area contributed by atoms with E-state index < -0.39 is 0 Å². The van der Waals surface area contributed by atoms with Crippen molar-refractivity contribution < 1.29 is 4.79 Å². The van der Waals surface area contributed by atoms with Crippen molar-refractivity contribution in [1.29, 1.82) is 0 Å². The van der Waals surface area contributed by atoms with Crippen molar-refractivity contribution in [2.24, 2.45) is 5.92 Å². The van der Waals surface area contributed by atoms with E-state index in [1.807, 2.05) is 11.9 Å². The number of halogens is 2. The van der Waals surface area contributed by atoms with Gasteiger partial charge in [0.1, 0.15) is 0 Å². The SMILES string of the molecule is CNCC1CCN(C(=O)c2ccc(Cl)c(Cl)c2)C1. The smallest absolute Gasteiger partial charge is 0.253 e. The van der Waals surface area contributed by atoms with Gasteiger partial charge < -0.3 is 10.2 Å². The van der Waals surface area contributed by atoms with Crippen molar-refractivity contribution in [2.75, 3.05) is 26.7 Å². The summed E-state index contributed by atoms with van der Waals surface area (Å²) in [5, 5.41) is 4.05. The first kappa shape index (κ1) is 13.7. The lowest BCUT2D eigenvalue weighted by Crippen LogP contribution is -2.30. The van der Waals surface area contributed by atoms with Gasteiger partial charge in [-0.15, -0.1) is 0 Å². The summed E-state index contributed by atoms with van der Waals surface area (Å²) in [6, 6.07) is 5.03. The second-order valence-corrected chi connectivity index (χ2v) is 5.41. The Kier molecular flexibility index (Phi) is 4.49. The van der Waals surface area contributed by atoms with E-state index in [1.54, 1.807) is 18.2 Å². The highest BCUT2D eigenvalue weighted by molar-refractivity contribution is 6.42. The maximum absolute atomic E-state index is 12.3. The summed E-state index contributed by atoms with van der Waals surface area (Å²) in [7, 11) is 1.93. The van der Waals surface area contributed by atoms with E-state index in [0.717, 1.165) is 26.1 Å². The third kappa shape index (κ3) is 2.97. The highest BCUT2D eigenvalue weighted by Gasteiger charge is 2.26. The van der Waals surface area contributed by atoms with Crippen LogP contribution in [0.25, 0.3) is 0 Å². The summed E-state index contributed by atoms with van der Waals surface area (Å²) >= 11 is 11.8. The van der Waals surface area contributed by atoms with Gasteiger partial charge in [0, 0.05) is 18.7 Å². The molecule has 5 heteroatoms. The molecule has 2 rings (SSSR count). The van der Waals surface area contributed by atoms with Crippen LogP contribution in [0.15, 0.2) is 18.2 Å². The Hall–Kier alpha value is -0.770. The lowest BCUT2D eigenvalue weighted by Gasteiger charge is -2.17. The molecule has 3 nitrogen and oxygen atoms in total. The number of nitrogens with zero attached hydrogens (tertiary/aromatic N) is 1. The fourth-order valence-electron chi connectivity index (χ4n) is 2.28. The summed E-state index contributed by atoms with van der Waals surface area (Å²) in [6.45, 7) is 2.57. The maximum atomic E-state index is 12.3. The first-order chi connectivity index (χ1) is 8.61. The molecule has 1 unspecified atom stereocenters. The summed E-state index contributed by atoms with van der Waals surface area (Å²) in [6.07, 6.45) is 1.05. The van der Waals surface area contributed by atoms with Gasteiger partial charge in [-0.3, -0.25) is 4.79 Å². The van der Waals surface area contributed by atoms with Gasteiger partial charge in [0.2, 0.25) is 0 Å². The molecule has 18 heavy (non-hydrogen) atoms. The molecule has 1 aromatic carbocycles. The fraction of sp³-hybridized carbons (Fsp3) is 0.462. The molecule has 0 spiro atoms. The molecule has 0 saturated carbocycles. The number of hydrogen-bond donors (Lipinski definition) is 1. The lowest BCUT2D eigenvalue weighted by molar-refractivity contribution is 0.0787. The molecular weight excluding hydrogens is 271 g/mol. The zero-order valence-corrected chi connectivity index (χ0v) is 11.8. The Morgan fingerprint density at radius 1 is 1.44 bits per heavy atom. The van der Waals surface area contributed by atoms with Crippen molar-refractivity contribution in [3.63, 3.8) is 0 Å². The second kappa shape index (κ2) is 5.91. The van der Waals surface area contributed by atoms with Gasteiger partial charge in [-0.05, 0) is 44.1 Å². The number of likely N-dealkylation sites (tertiary alicyclic amines) is 1. The number of rotatable bonds is 3. The summed E-state index contributed by atoms with van der Waals surface area (Å²) in [5.74, 6) is 0.578. The normalized spacial score (nSPS) is 19.3. The Morgan fingerprint density at radius 3 is 2.89 bits per heavy atom. The van der Waals surface area contributed by atoms with Crippen LogP contribution in [0.5, 0.6) is 0 Å². The number of amides is 1. The second-order valence-electron chi connectivity index (χ2n) is 4.59. The molecule has 98 valence electrons. The molecule has 0 aromatic heterocycles. The number of benzene rings is 1. The highest BCUT2D eigenvalue weighted by Crippen LogP contribution is 2.24. The molecule has 1 aliphatic heterocycles. The predicted molar refractivity (Wildman–Crippen MR) is 74.4 cm³/mol. The minimum absolute atomic E-state index is 0.0344. The molecule has 1 aromatic rings. The van der Waals surface area contributed by atoms with Crippen LogP contribution >= 0.6 is 23.2 Å². The van der Waals surface area contributed by atoms with Gasteiger partial charge in [-0.1, -0.05) is 23.2 Å². The highest BCUT2D eigenvalue weighted by atomic mass is 35.5. The average Bonchev–Trinajstić information content (AvgIpc) is 2.81. The van der Waals surface area contributed by atoms with Crippen LogP contribution in [0.2, 0.25) is 10.0 Å². The Balaban J connectivity index is 2.05. The Labute approximate surface area is 117 Å². The summed E-state index contributed by atoms with van der Waals surface area (Å²) in [5.41, 5.74) is 0.606. The fourth-order valence-corrected chi connectivity index (χ4v) is 2.58. The topological polar surface area (TPSA) is 32.3 Å². The minimum atomic E-state index is 0.0344. The third-order valence-corrected chi connectivity index (χ3v) is 3.97. The first-order valence-electron chi connectivity index (χ1n) is 6.00. The molecule has 1 atom stereocenters. The van der Waals surface area contributed by atoms with E-state index in [1.165, 1.54) is 0 Å². The molecule has 1 N–H and O–H groups in total. The van der Waals surface area contributed by atoms with Crippen LogP contribution in [0.1, 0.15) is 16.8 Å². The van der Waals surface area contributed by atoms with Gasteiger partial charge in [0.15, 0.2) is 0 Å². The molecule has 1 heterocycles. The van der Waals surface area contributed by atoms with Crippen LogP contribution in [-0.4, -0.2) is 37.5 Å². The Bertz CT molecular complexity index is 451. The molecular formula is C13H16Cl2N2O. The standard InChI is InChI=1S/C13H16Cl2N2O/c1-16-7-9-4-5-17(8-9)13(18)10-2-3-11(14)12(15)6-10/h2-3,6,9,16H,4-5,7-8H2,1H3. The van der Waals surface area contributed by atoms with E-state index in [0.29, 0.717) is 21.5 Å². The number of carbonyl (C=O) groups excluding carboxylic acids is 1. The van der Waals surface area contributed by atoms with Gasteiger partial charge in [0.05, 0.1) is 10.0 Å². The number of carbonyl (C=O) groups is 1.